The average molecular weight is 556 g/mol. The predicted octanol–water partition coefficient (Wildman–Crippen LogP) is 6.11. The number of piperazine rings is 1. The molecule has 4 rings (SSSR count). The van der Waals surface area contributed by atoms with Crippen LogP contribution in [-0.2, 0) is 4.79 Å². The van der Waals surface area contributed by atoms with Crippen LogP contribution in [-0.4, -0.2) is 54.7 Å². The summed E-state index contributed by atoms with van der Waals surface area (Å²) in [6, 6.07) is 16.3. The summed E-state index contributed by atoms with van der Waals surface area (Å²) in [5.74, 6) is -0.120. The maximum Gasteiger partial charge on any atom is 0.322 e. The lowest BCUT2D eigenvalue weighted by molar-refractivity contribution is -0.115. The van der Waals surface area contributed by atoms with Crippen LogP contribution in [0.2, 0.25) is 10.0 Å². The molecular formula is C28H31Cl2N5O3. The van der Waals surface area contributed by atoms with Crippen molar-refractivity contribution in [3.8, 4) is 5.75 Å². The van der Waals surface area contributed by atoms with E-state index in [4.69, 9.17) is 23.2 Å². The number of benzene rings is 3. The molecule has 10 heteroatoms. The number of hydrogen-bond donors (Lipinski definition) is 4. The molecule has 0 saturated carbocycles. The molecule has 0 unspecified atom stereocenters. The van der Waals surface area contributed by atoms with E-state index in [9.17, 15) is 14.7 Å². The summed E-state index contributed by atoms with van der Waals surface area (Å²) < 4.78 is 0. The molecule has 0 bridgehead atoms. The van der Waals surface area contributed by atoms with E-state index in [0.29, 0.717) is 39.1 Å². The van der Waals surface area contributed by atoms with E-state index in [1.165, 1.54) is 17.7 Å². The quantitative estimate of drug-likeness (QED) is 0.264. The molecule has 1 aliphatic rings. The first-order valence-corrected chi connectivity index (χ1v) is 13.1. The van der Waals surface area contributed by atoms with Gasteiger partial charge in [0.05, 0.1) is 15.7 Å². The summed E-state index contributed by atoms with van der Waals surface area (Å²) in [6.07, 6.45) is 0.361. The Labute approximate surface area is 232 Å². The third kappa shape index (κ3) is 7.02. The number of carbonyl (C=O) groups excluding carboxylic acids is 2. The smallest absolute Gasteiger partial charge is 0.322 e. The van der Waals surface area contributed by atoms with Crippen LogP contribution in [0, 0.1) is 13.8 Å². The summed E-state index contributed by atoms with van der Waals surface area (Å²) in [5, 5.41) is 18.9. The van der Waals surface area contributed by atoms with Crippen molar-refractivity contribution in [2.45, 2.75) is 20.3 Å². The molecule has 0 aromatic heterocycles. The highest BCUT2D eigenvalue weighted by Crippen LogP contribution is 2.34. The highest BCUT2D eigenvalue weighted by molar-refractivity contribution is 6.40. The van der Waals surface area contributed by atoms with Crippen LogP contribution in [0.15, 0.2) is 54.6 Å². The monoisotopic (exact) mass is 555 g/mol. The standard InChI is InChI=1S/C28H31Cl2N5O3/c1-18-3-8-25(19(2)15-18)31-10-9-26(37)32-20-4-6-21(7-5-20)34-11-13-35(14-12-34)28(38)33-27-23(29)16-22(36)17-24(27)30/h3-8,15-17,31,36H,9-14H2,1-2H3,(H,32,37)(H,33,38). The first-order valence-electron chi connectivity index (χ1n) is 12.4. The van der Waals surface area contributed by atoms with Crippen molar-refractivity contribution in [2.24, 2.45) is 0 Å². The highest BCUT2D eigenvalue weighted by Gasteiger charge is 2.23. The summed E-state index contributed by atoms with van der Waals surface area (Å²) >= 11 is 12.2. The van der Waals surface area contributed by atoms with Gasteiger partial charge >= 0.3 is 6.03 Å². The van der Waals surface area contributed by atoms with Crippen molar-refractivity contribution < 1.29 is 14.7 Å². The second kappa shape index (κ2) is 12.3. The number of phenolic OH excluding ortho intramolecular Hbond substituents is 1. The molecule has 1 aliphatic heterocycles. The Kier molecular flexibility index (Phi) is 8.86. The number of aryl methyl sites for hydroxylation is 2. The van der Waals surface area contributed by atoms with Crippen LogP contribution >= 0.6 is 23.2 Å². The van der Waals surface area contributed by atoms with Gasteiger partial charge in [-0.05, 0) is 49.7 Å². The fourth-order valence-electron chi connectivity index (χ4n) is 4.33. The zero-order valence-corrected chi connectivity index (χ0v) is 22.9. The summed E-state index contributed by atoms with van der Waals surface area (Å²) in [5.41, 5.74) is 5.45. The summed E-state index contributed by atoms with van der Waals surface area (Å²) in [6.45, 7) is 7.01. The molecule has 0 radical (unpaired) electrons. The van der Waals surface area contributed by atoms with E-state index in [2.05, 4.69) is 46.8 Å². The summed E-state index contributed by atoms with van der Waals surface area (Å²) in [7, 11) is 0. The van der Waals surface area contributed by atoms with E-state index in [0.717, 1.165) is 22.6 Å². The van der Waals surface area contributed by atoms with E-state index in [1.54, 1.807) is 4.90 Å². The van der Waals surface area contributed by atoms with Crippen LogP contribution in [0.1, 0.15) is 17.5 Å². The van der Waals surface area contributed by atoms with Crippen molar-refractivity contribution in [2.75, 3.05) is 53.6 Å². The van der Waals surface area contributed by atoms with Crippen molar-refractivity contribution in [1.82, 2.24) is 4.90 Å². The number of carbonyl (C=O) groups is 2. The van der Waals surface area contributed by atoms with Crippen LogP contribution in [0.4, 0.5) is 27.5 Å². The second-order valence-electron chi connectivity index (χ2n) is 9.28. The zero-order chi connectivity index (χ0) is 27.2. The van der Waals surface area contributed by atoms with Gasteiger partial charge in [0.25, 0.3) is 0 Å². The van der Waals surface area contributed by atoms with E-state index in [1.807, 2.05) is 30.3 Å². The molecule has 1 fully saturated rings. The van der Waals surface area contributed by atoms with Crippen molar-refractivity contribution in [3.05, 3.63) is 75.8 Å². The lowest BCUT2D eigenvalue weighted by Crippen LogP contribution is -2.50. The molecule has 0 atom stereocenters. The van der Waals surface area contributed by atoms with Gasteiger partial charge in [0.2, 0.25) is 5.91 Å². The van der Waals surface area contributed by atoms with Crippen LogP contribution in [0.25, 0.3) is 0 Å². The minimum absolute atomic E-state index is 0.0523. The molecular weight excluding hydrogens is 525 g/mol. The Balaban J connectivity index is 1.22. The van der Waals surface area contributed by atoms with Gasteiger partial charge in [-0.2, -0.15) is 0 Å². The summed E-state index contributed by atoms with van der Waals surface area (Å²) in [4.78, 5) is 29.0. The van der Waals surface area contributed by atoms with Crippen LogP contribution in [0.3, 0.4) is 0 Å². The largest absolute Gasteiger partial charge is 0.508 e. The first-order chi connectivity index (χ1) is 18.2. The van der Waals surface area contributed by atoms with Gasteiger partial charge in [-0.1, -0.05) is 40.9 Å². The number of nitrogens with one attached hydrogen (secondary N) is 3. The van der Waals surface area contributed by atoms with Crippen molar-refractivity contribution >= 4 is 57.9 Å². The number of rotatable bonds is 7. The number of amides is 3. The molecule has 4 N–H and O–H groups in total. The first kappa shape index (κ1) is 27.4. The molecule has 8 nitrogen and oxygen atoms in total. The fourth-order valence-corrected chi connectivity index (χ4v) is 4.90. The van der Waals surface area contributed by atoms with E-state index in [-0.39, 0.29) is 33.4 Å². The molecule has 1 heterocycles. The third-order valence-electron chi connectivity index (χ3n) is 6.39. The molecule has 0 aliphatic carbocycles. The van der Waals surface area contributed by atoms with Gasteiger partial charge in [0.1, 0.15) is 5.75 Å². The molecule has 3 aromatic carbocycles. The Bertz CT molecular complexity index is 1290. The molecule has 1 saturated heterocycles. The Hall–Kier alpha value is -3.62. The third-order valence-corrected chi connectivity index (χ3v) is 6.99. The maximum atomic E-state index is 12.7. The Morgan fingerprint density at radius 3 is 2.18 bits per heavy atom. The lowest BCUT2D eigenvalue weighted by atomic mass is 10.1. The normalized spacial score (nSPS) is 13.3. The maximum absolute atomic E-state index is 12.7. The number of phenols is 1. The minimum Gasteiger partial charge on any atom is -0.508 e. The van der Waals surface area contributed by atoms with Gasteiger partial charge < -0.3 is 30.9 Å². The topological polar surface area (TPSA) is 96.9 Å². The fraction of sp³-hybridized carbons (Fsp3) is 0.286. The molecule has 3 amide bonds. The number of nitrogens with zero attached hydrogens (tertiary/aromatic N) is 2. The molecule has 0 spiro atoms. The highest BCUT2D eigenvalue weighted by atomic mass is 35.5. The van der Waals surface area contributed by atoms with Gasteiger partial charge in [-0.15, -0.1) is 0 Å². The van der Waals surface area contributed by atoms with E-state index >= 15 is 0 Å². The molecule has 3 aromatic rings. The number of hydrogen-bond acceptors (Lipinski definition) is 5. The van der Waals surface area contributed by atoms with Crippen LogP contribution < -0.4 is 20.9 Å². The van der Waals surface area contributed by atoms with Gasteiger partial charge in [-0.3, -0.25) is 4.79 Å². The molecule has 38 heavy (non-hydrogen) atoms. The van der Waals surface area contributed by atoms with Gasteiger partial charge in [-0.25, -0.2) is 4.79 Å². The predicted molar refractivity (Wildman–Crippen MR) is 155 cm³/mol. The number of anilines is 4. The molecule has 200 valence electrons. The Morgan fingerprint density at radius 1 is 0.895 bits per heavy atom. The zero-order valence-electron chi connectivity index (χ0n) is 21.4. The number of halogens is 2. The van der Waals surface area contributed by atoms with Gasteiger partial charge in [0, 0.05) is 68.3 Å². The number of aromatic hydroxyl groups is 1. The second-order valence-corrected chi connectivity index (χ2v) is 10.1. The van der Waals surface area contributed by atoms with Crippen LogP contribution in [0.5, 0.6) is 5.75 Å². The van der Waals surface area contributed by atoms with E-state index < -0.39 is 0 Å². The van der Waals surface area contributed by atoms with Crippen molar-refractivity contribution in [3.63, 3.8) is 0 Å². The average Bonchev–Trinajstić information content (AvgIpc) is 2.88. The van der Waals surface area contributed by atoms with Crippen molar-refractivity contribution in [1.29, 1.82) is 0 Å². The van der Waals surface area contributed by atoms with Gasteiger partial charge in [0.15, 0.2) is 0 Å². The Morgan fingerprint density at radius 2 is 1.55 bits per heavy atom. The number of urea groups is 1. The lowest BCUT2D eigenvalue weighted by Gasteiger charge is -2.36. The minimum atomic E-state index is -0.302. The SMILES string of the molecule is Cc1ccc(NCCC(=O)Nc2ccc(N3CCN(C(=O)Nc4c(Cl)cc(O)cc4Cl)CC3)cc2)c(C)c1.